The van der Waals surface area contributed by atoms with E-state index in [4.69, 9.17) is 0 Å². The van der Waals surface area contributed by atoms with E-state index >= 15 is 0 Å². The van der Waals surface area contributed by atoms with Crippen LogP contribution in [0.2, 0.25) is 0 Å². The molecule has 5 nitrogen and oxygen atoms in total. The highest BCUT2D eigenvalue weighted by Crippen LogP contribution is 2.35. The van der Waals surface area contributed by atoms with Gasteiger partial charge in [0.15, 0.2) is 0 Å². The van der Waals surface area contributed by atoms with Gasteiger partial charge in [-0.05, 0) is 23.8 Å². The lowest BCUT2D eigenvalue weighted by atomic mass is 9.95. The van der Waals surface area contributed by atoms with Crippen LogP contribution in [0.15, 0.2) is 48.5 Å². The first-order valence-corrected chi connectivity index (χ1v) is 8.56. The van der Waals surface area contributed by atoms with Crippen LogP contribution in [0.25, 0.3) is 10.9 Å². The first kappa shape index (κ1) is 18.1. The molecule has 0 fully saturated rings. The largest absolute Gasteiger partial charge is 0.480 e. The van der Waals surface area contributed by atoms with Crippen LogP contribution in [-0.2, 0) is 23.9 Å². The molecule has 28 heavy (non-hydrogen) atoms. The van der Waals surface area contributed by atoms with Crippen molar-refractivity contribution in [2.24, 2.45) is 0 Å². The maximum Gasteiger partial charge on any atom is 0.417 e. The van der Waals surface area contributed by atoms with Crippen molar-refractivity contribution in [2.75, 3.05) is 0 Å². The molecule has 0 aliphatic carbocycles. The van der Waals surface area contributed by atoms with Gasteiger partial charge in [0, 0.05) is 23.0 Å². The SMILES string of the molecule is O=C(O)C1Cc2c([nH]c3ccccc23)CN1C(=O)c1ccccc1C(F)(F)F. The summed E-state index contributed by atoms with van der Waals surface area (Å²) in [5.41, 5.74) is 0.571. The van der Waals surface area contributed by atoms with Crippen molar-refractivity contribution < 1.29 is 27.9 Å². The lowest BCUT2D eigenvalue weighted by Gasteiger charge is -2.33. The minimum Gasteiger partial charge on any atom is -0.480 e. The summed E-state index contributed by atoms with van der Waals surface area (Å²) in [7, 11) is 0. The van der Waals surface area contributed by atoms with E-state index in [1.807, 2.05) is 24.3 Å². The van der Waals surface area contributed by atoms with Gasteiger partial charge in [-0.3, -0.25) is 4.79 Å². The van der Waals surface area contributed by atoms with Gasteiger partial charge in [0.05, 0.1) is 17.7 Å². The number of carbonyl (C=O) groups is 2. The molecule has 1 aliphatic heterocycles. The van der Waals surface area contributed by atoms with Crippen molar-refractivity contribution in [3.63, 3.8) is 0 Å². The first-order valence-electron chi connectivity index (χ1n) is 8.56. The molecular formula is C20H15F3N2O3. The smallest absolute Gasteiger partial charge is 0.417 e. The third kappa shape index (κ3) is 2.90. The fourth-order valence-corrected chi connectivity index (χ4v) is 3.71. The molecule has 2 aromatic carbocycles. The number of carboxylic acids is 1. The van der Waals surface area contributed by atoms with Crippen molar-refractivity contribution >= 4 is 22.8 Å². The number of carbonyl (C=O) groups excluding carboxylic acids is 1. The Kier molecular flexibility index (Phi) is 4.14. The molecule has 1 aromatic heterocycles. The number of para-hydroxylation sites is 1. The highest BCUT2D eigenvalue weighted by atomic mass is 19.4. The lowest BCUT2D eigenvalue weighted by Crippen LogP contribution is -2.49. The van der Waals surface area contributed by atoms with Gasteiger partial charge in [0.1, 0.15) is 6.04 Å². The minimum absolute atomic E-state index is 0.0224. The van der Waals surface area contributed by atoms with E-state index in [1.165, 1.54) is 12.1 Å². The van der Waals surface area contributed by atoms with Crippen molar-refractivity contribution in [1.29, 1.82) is 0 Å². The van der Waals surface area contributed by atoms with Crippen LogP contribution in [-0.4, -0.2) is 32.9 Å². The number of H-pyrrole nitrogens is 1. The summed E-state index contributed by atoms with van der Waals surface area (Å²) in [6.07, 6.45) is -4.69. The number of hydrogen-bond donors (Lipinski definition) is 2. The summed E-state index contributed by atoms with van der Waals surface area (Å²) < 4.78 is 40.0. The van der Waals surface area contributed by atoms with Crippen LogP contribution >= 0.6 is 0 Å². The first-order chi connectivity index (χ1) is 13.3. The number of alkyl halides is 3. The highest BCUT2D eigenvalue weighted by Gasteiger charge is 2.40. The number of benzene rings is 2. The second-order valence-electron chi connectivity index (χ2n) is 6.66. The van der Waals surface area contributed by atoms with Crippen molar-refractivity contribution in [3.05, 3.63) is 70.9 Å². The van der Waals surface area contributed by atoms with Crippen molar-refractivity contribution in [2.45, 2.75) is 25.2 Å². The zero-order valence-corrected chi connectivity index (χ0v) is 14.5. The Morgan fingerprint density at radius 1 is 1.07 bits per heavy atom. The summed E-state index contributed by atoms with van der Waals surface area (Å²) in [5.74, 6) is -2.21. The molecule has 1 unspecified atom stereocenters. The number of nitrogens with one attached hydrogen (secondary N) is 1. The predicted molar refractivity (Wildman–Crippen MR) is 94.7 cm³/mol. The number of aromatic nitrogens is 1. The standard InChI is InChI=1S/C20H15F3N2O3/c21-20(22,23)14-7-3-1-6-12(14)18(26)25-10-16-13(9-17(25)19(27)28)11-5-2-4-8-15(11)24-16/h1-8,17,24H,9-10H2,(H,27,28). The van der Waals surface area contributed by atoms with Gasteiger partial charge in [0.2, 0.25) is 0 Å². The molecule has 0 radical (unpaired) electrons. The summed E-state index contributed by atoms with van der Waals surface area (Å²) in [6, 6.07) is 10.5. The zero-order chi connectivity index (χ0) is 20.1. The van der Waals surface area contributed by atoms with Crippen LogP contribution in [0.1, 0.15) is 27.2 Å². The Morgan fingerprint density at radius 2 is 1.75 bits per heavy atom. The fraction of sp³-hybridized carbons (Fsp3) is 0.200. The lowest BCUT2D eigenvalue weighted by molar-refractivity contribution is -0.142. The second-order valence-corrected chi connectivity index (χ2v) is 6.66. The Hall–Kier alpha value is -3.29. The van der Waals surface area contributed by atoms with Gasteiger partial charge in [-0.2, -0.15) is 13.2 Å². The Labute approximate surface area is 157 Å². The zero-order valence-electron chi connectivity index (χ0n) is 14.5. The van der Waals surface area contributed by atoms with E-state index in [2.05, 4.69) is 4.98 Å². The number of aliphatic carboxylic acids is 1. The molecule has 2 N–H and O–H groups in total. The molecule has 3 aromatic rings. The molecule has 1 amide bonds. The summed E-state index contributed by atoms with van der Waals surface area (Å²) in [6.45, 7) is -0.105. The normalized spacial score (nSPS) is 16.8. The maximum atomic E-state index is 13.3. The molecule has 4 rings (SSSR count). The topological polar surface area (TPSA) is 73.4 Å². The van der Waals surface area contributed by atoms with Crippen molar-refractivity contribution in [1.82, 2.24) is 9.88 Å². The number of fused-ring (bicyclic) bond motifs is 3. The minimum atomic E-state index is -4.72. The number of hydrogen-bond acceptors (Lipinski definition) is 2. The fourth-order valence-electron chi connectivity index (χ4n) is 3.71. The van der Waals surface area contributed by atoms with E-state index in [0.29, 0.717) is 5.69 Å². The Morgan fingerprint density at radius 3 is 2.46 bits per heavy atom. The van der Waals surface area contributed by atoms with Crippen LogP contribution in [0.3, 0.4) is 0 Å². The Bertz CT molecular complexity index is 1090. The number of rotatable bonds is 2. The molecule has 8 heteroatoms. The van der Waals surface area contributed by atoms with E-state index in [9.17, 15) is 27.9 Å². The van der Waals surface area contributed by atoms with Crippen LogP contribution in [0.4, 0.5) is 13.2 Å². The third-order valence-electron chi connectivity index (χ3n) is 5.01. The van der Waals surface area contributed by atoms with E-state index in [0.717, 1.165) is 33.5 Å². The number of amides is 1. The summed E-state index contributed by atoms with van der Waals surface area (Å²) >= 11 is 0. The number of halogens is 3. The summed E-state index contributed by atoms with van der Waals surface area (Å²) in [4.78, 5) is 28.9. The van der Waals surface area contributed by atoms with Crippen LogP contribution in [0, 0.1) is 0 Å². The van der Waals surface area contributed by atoms with Crippen molar-refractivity contribution in [3.8, 4) is 0 Å². The molecule has 0 saturated heterocycles. The van der Waals surface area contributed by atoms with Gasteiger partial charge in [-0.1, -0.05) is 30.3 Å². The predicted octanol–water partition coefficient (Wildman–Crippen LogP) is 3.84. The molecule has 2 heterocycles. The molecule has 1 aliphatic rings. The van der Waals surface area contributed by atoms with E-state index < -0.39 is 35.2 Å². The molecule has 144 valence electrons. The second kappa shape index (κ2) is 6.40. The van der Waals surface area contributed by atoms with E-state index in [-0.39, 0.29) is 13.0 Å². The monoisotopic (exact) mass is 388 g/mol. The van der Waals surface area contributed by atoms with Gasteiger partial charge >= 0.3 is 12.1 Å². The van der Waals surface area contributed by atoms with Crippen LogP contribution in [0.5, 0.6) is 0 Å². The van der Waals surface area contributed by atoms with Gasteiger partial charge < -0.3 is 15.0 Å². The summed E-state index contributed by atoms with van der Waals surface area (Å²) in [5, 5.41) is 10.5. The molecule has 1 atom stereocenters. The Balaban J connectivity index is 1.79. The molecule has 0 bridgehead atoms. The van der Waals surface area contributed by atoms with Crippen LogP contribution < -0.4 is 0 Å². The number of carboxylic acid groups (broad SMARTS) is 1. The molecule has 0 saturated carbocycles. The number of aromatic amines is 1. The highest BCUT2D eigenvalue weighted by molar-refractivity contribution is 5.99. The third-order valence-corrected chi connectivity index (χ3v) is 5.01. The number of nitrogens with zero attached hydrogens (tertiary/aromatic N) is 1. The average Bonchev–Trinajstić information content (AvgIpc) is 3.03. The average molecular weight is 388 g/mol. The van der Waals surface area contributed by atoms with E-state index in [1.54, 1.807) is 0 Å². The molecule has 0 spiro atoms. The van der Waals surface area contributed by atoms with Gasteiger partial charge in [-0.15, -0.1) is 0 Å². The molecular weight excluding hydrogens is 373 g/mol. The van der Waals surface area contributed by atoms with Gasteiger partial charge in [-0.25, -0.2) is 4.79 Å². The van der Waals surface area contributed by atoms with Gasteiger partial charge in [0.25, 0.3) is 5.91 Å². The maximum absolute atomic E-state index is 13.3. The quantitative estimate of drug-likeness (QED) is 0.701.